The fourth-order valence-corrected chi connectivity index (χ4v) is 3.68. The molecular weight excluding hydrogens is 344 g/mol. The number of aliphatic hydroxyl groups is 1. The molecule has 1 unspecified atom stereocenters. The summed E-state index contributed by atoms with van der Waals surface area (Å²) in [7, 11) is 0. The molecule has 1 atom stereocenters. The molecule has 1 aromatic heterocycles. The lowest BCUT2D eigenvalue weighted by atomic mass is 10.1. The second kappa shape index (κ2) is 7.70. The number of aromatic nitrogens is 2. The van der Waals surface area contributed by atoms with Gasteiger partial charge in [-0.2, -0.15) is 5.10 Å². The number of fused-ring (bicyclic) bond motifs is 1. The SMILES string of the molecule is CC(O)c1cc2n(n1)CCCN(C(=O)c1ccc(N3CCOCC3)cc1)C2. The minimum absolute atomic E-state index is 0.0387. The highest BCUT2D eigenvalue weighted by molar-refractivity contribution is 5.94. The Balaban J connectivity index is 1.48. The molecule has 0 aliphatic carbocycles. The zero-order valence-electron chi connectivity index (χ0n) is 15.7. The normalized spacial score (nSPS) is 18.7. The van der Waals surface area contributed by atoms with Crippen LogP contribution in [0.5, 0.6) is 0 Å². The van der Waals surface area contributed by atoms with Gasteiger partial charge < -0.3 is 19.6 Å². The zero-order chi connectivity index (χ0) is 18.8. The number of nitrogens with zero attached hydrogens (tertiary/aromatic N) is 4. The Kier molecular flexibility index (Phi) is 5.13. The molecule has 0 saturated carbocycles. The largest absolute Gasteiger partial charge is 0.387 e. The molecule has 1 fully saturated rings. The first-order valence-corrected chi connectivity index (χ1v) is 9.58. The predicted molar refractivity (Wildman–Crippen MR) is 102 cm³/mol. The molecule has 0 spiro atoms. The standard InChI is InChI=1S/C20H26N4O3/c1-15(25)19-13-18-14-23(7-2-8-24(18)21-19)20(26)16-3-5-17(6-4-16)22-9-11-27-12-10-22/h3-6,13,15,25H,2,7-12,14H2,1H3. The number of carbonyl (C=O) groups is 1. The van der Waals surface area contributed by atoms with Crippen LogP contribution < -0.4 is 4.90 Å². The molecule has 4 rings (SSSR count). The number of amides is 1. The number of benzene rings is 1. The van der Waals surface area contributed by atoms with E-state index in [1.165, 1.54) is 0 Å². The summed E-state index contributed by atoms with van der Waals surface area (Å²) in [6, 6.07) is 9.77. The van der Waals surface area contributed by atoms with Crippen molar-refractivity contribution in [1.29, 1.82) is 0 Å². The Morgan fingerprint density at radius 1 is 1.15 bits per heavy atom. The van der Waals surface area contributed by atoms with E-state index in [9.17, 15) is 9.90 Å². The molecule has 2 aromatic rings. The van der Waals surface area contributed by atoms with Gasteiger partial charge in [-0.15, -0.1) is 0 Å². The summed E-state index contributed by atoms with van der Waals surface area (Å²) in [5.74, 6) is 0.0387. The molecule has 2 aliphatic rings. The van der Waals surface area contributed by atoms with Crippen LogP contribution in [0.1, 0.15) is 41.2 Å². The van der Waals surface area contributed by atoms with Crippen molar-refractivity contribution in [2.45, 2.75) is 32.5 Å². The highest BCUT2D eigenvalue weighted by Crippen LogP contribution is 2.21. The lowest BCUT2D eigenvalue weighted by Crippen LogP contribution is -2.36. The summed E-state index contributed by atoms with van der Waals surface area (Å²) in [6.45, 7) is 6.96. The molecule has 1 saturated heterocycles. The lowest BCUT2D eigenvalue weighted by molar-refractivity contribution is 0.0745. The van der Waals surface area contributed by atoms with E-state index >= 15 is 0 Å². The Morgan fingerprint density at radius 3 is 2.59 bits per heavy atom. The number of morpholine rings is 1. The quantitative estimate of drug-likeness (QED) is 0.892. The molecule has 2 aliphatic heterocycles. The first-order chi connectivity index (χ1) is 13.1. The average Bonchev–Trinajstić information content (AvgIpc) is 3.00. The minimum Gasteiger partial charge on any atom is -0.387 e. The number of rotatable bonds is 3. The van der Waals surface area contributed by atoms with Gasteiger partial charge in [0.2, 0.25) is 0 Å². The van der Waals surface area contributed by atoms with E-state index in [2.05, 4.69) is 10.00 Å². The van der Waals surface area contributed by atoms with E-state index in [4.69, 9.17) is 4.74 Å². The second-order valence-corrected chi connectivity index (χ2v) is 7.19. The van der Waals surface area contributed by atoms with E-state index in [0.29, 0.717) is 24.3 Å². The maximum Gasteiger partial charge on any atom is 0.254 e. The maximum atomic E-state index is 13.0. The summed E-state index contributed by atoms with van der Waals surface area (Å²) in [5.41, 5.74) is 3.47. The number of carbonyl (C=O) groups excluding carboxylic acids is 1. The minimum atomic E-state index is -0.596. The molecule has 1 aromatic carbocycles. The van der Waals surface area contributed by atoms with E-state index < -0.39 is 6.10 Å². The van der Waals surface area contributed by atoms with Gasteiger partial charge >= 0.3 is 0 Å². The molecule has 144 valence electrons. The predicted octanol–water partition coefficient (Wildman–Crippen LogP) is 1.82. The van der Waals surface area contributed by atoms with Crippen molar-refractivity contribution in [3.8, 4) is 0 Å². The number of anilines is 1. The number of hydrogen-bond donors (Lipinski definition) is 1. The van der Waals surface area contributed by atoms with Gasteiger partial charge in [0, 0.05) is 37.4 Å². The van der Waals surface area contributed by atoms with Crippen molar-refractivity contribution in [3.05, 3.63) is 47.3 Å². The third-order valence-electron chi connectivity index (χ3n) is 5.24. The van der Waals surface area contributed by atoms with E-state index in [-0.39, 0.29) is 5.91 Å². The first kappa shape index (κ1) is 18.0. The van der Waals surface area contributed by atoms with Gasteiger partial charge in [-0.25, -0.2) is 0 Å². The van der Waals surface area contributed by atoms with Gasteiger partial charge in [-0.3, -0.25) is 9.48 Å². The van der Waals surface area contributed by atoms with Crippen LogP contribution >= 0.6 is 0 Å². The Morgan fingerprint density at radius 2 is 1.89 bits per heavy atom. The monoisotopic (exact) mass is 370 g/mol. The van der Waals surface area contributed by atoms with Crippen LogP contribution in [-0.4, -0.2) is 58.5 Å². The maximum absolute atomic E-state index is 13.0. The summed E-state index contributed by atoms with van der Waals surface area (Å²) in [4.78, 5) is 17.2. The average molecular weight is 370 g/mol. The number of hydrogen-bond acceptors (Lipinski definition) is 5. The summed E-state index contributed by atoms with van der Waals surface area (Å²) in [6.07, 6.45) is 0.257. The smallest absolute Gasteiger partial charge is 0.254 e. The van der Waals surface area contributed by atoms with Crippen LogP contribution in [0.3, 0.4) is 0 Å². The van der Waals surface area contributed by atoms with Crippen LogP contribution in [0.25, 0.3) is 0 Å². The van der Waals surface area contributed by atoms with Crippen LogP contribution in [0, 0.1) is 0 Å². The van der Waals surface area contributed by atoms with E-state index in [1.807, 2.05) is 39.9 Å². The van der Waals surface area contributed by atoms with Crippen molar-refractivity contribution in [3.63, 3.8) is 0 Å². The van der Waals surface area contributed by atoms with Gasteiger partial charge in [0.05, 0.1) is 37.3 Å². The van der Waals surface area contributed by atoms with Crippen molar-refractivity contribution in [1.82, 2.24) is 14.7 Å². The van der Waals surface area contributed by atoms with Gasteiger partial charge in [0.25, 0.3) is 5.91 Å². The summed E-state index contributed by atoms with van der Waals surface area (Å²) in [5, 5.41) is 14.2. The molecular formula is C20H26N4O3. The topological polar surface area (TPSA) is 70.8 Å². The highest BCUT2D eigenvalue weighted by atomic mass is 16.5. The van der Waals surface area contributed by atoms with Crippen molar-refractivity contribution >= 4 is 11.6 Å². The first-order valence-electron chi connectivity index (χ1n) is 9.58. The van der Waals surface area contributed by atoms with E-state index in [1.54, 1.807) is 6.92 Å². The molecule has 0 bridgehead atoms. The molecule has 1 N–H and O–H groups in total. The summed E-state index contributed by atoms with van der Waals surface area (Å²) < 4.78 is 7.31. The molecule has 3 heterocycles. The van der Waals surface area contributed by atoms with Gasteiger partial charge in [0.15, 0.2) is 0 Å². The van der Waals surface area contributed by atoms with Gasteiger partial charge in [-0.05, 0) is 43.7 Å². The molecule has 1 amide bonds. The van der Waals surface area contributed by atoms with Crippen molar-refractivity contribution < 1.29 is 14.6 Å². The van der Waals surface area contributed by atoms with Crippen molar-refractivity contribution in [2.24, 2.45) is 0 Å². The lowest BCUT2D eigenvalue weighted by Gasteiger charge is -2.29. The summed E-state index contributed by atoms with van der Waals surface area (Å²) >= 11 is 0. The van der Waals surface area contributed by atoms with Crippen LogP contribution in [0.15, 0.2) is 30.3 Å². The fourth-order valence-electron chi connectivity index (χ4n) is 3.68. The Bertz CT molecular complexity index is 794. The number of aliphatic hydroxyl groups excluding tert-OH is 1. The van der Waals surface area contributed by atoms with Crippen molar-refractivity contribution in [2.75, 3.05) is 37.7 Å². The Hall–Kier alpha value is -2.38. The van der Waals surface area contributed by atoms with Crippen LogP contribution in [0.4, 0.5) is 5.69 Å². The molecule has 0 radical (unpaired) electrons. The van der Waals surface area contributed by atoms with Gasteiger partial charge in [0.1, 0.15) is 0 Å². The molecule has 27 heavy (non-hydrogen) atoms. The molecule has 7 heteroatoms. The number of ether oxygens (including phenoxy) is 1. The second-order valence-electron chi connectivity index (χ2n) is 7.19. The van der Waals surface area contributed by atoms with E-state index in [0.717, 1.165) is 50.7 Å². The highest BCUT2D eigenvalue weighted by Gasteiger charge is 2.23. The zero-order valence-corrected chi connectivity index (χ0v) is 15.7. The third kappa shape index (κ3) is 3.84. The Labute approximate surface area is 159 Å². The van der Waals surface area contributed by atoms with Crippen LogP contribution in [0.2, 0.25) is 0 Å². The fraction of sp³-hybridized carbons (Fsp3) is 0.500. The molecule has 7 nitrogen and oxygen atoms in total. The van der Waals surface area contributed by atoms with Crippen LogP contribution in [-0.2, 0) is 17.8 Å². The van der Waals surface area contributed by atoms with Gasteiger partial charge in [-0.1, -0.05) is 0 Å². The third-order valence-corrected chi connectivity index (χ3v) is 5.24. The number of aryl methyl sites for hydroxylation is 1.